The van der Waals surface area contributed by atoms with E-state index in [1.807, 2.05) is 0 Å². The minimum atomic E-state index is -0.374. The number of thiophene rings is 1. The van der Waals surface area contributed by atoms with E-state index in [0.29, 0.717) is 32.3 Å². The second-order valence-electron chi connectivity index (χ2n) is 5.89. The van der Waals surface area contributed by atoms with Gasteiger partial charge in [-0.05, 0) is 29.1 Å². The summed E-state index contributed by atoms with van der Waals surface area (Å²) in [6.07, 6.45) is 0. The van der Waals surface area contributed by atoms with Crippen LogP contribution in [-0.2, 0) is 12.3 Å². The van der Waals surface area contributed by atoms with E-state index in [1.165, 1.54) is 39.8 Å². The molecule has 0 saturated heterocycles. The molecule has 0 unspecified atom stereocenters. The van der Waals surface area contributed by atoms with Gasteiger partial charge in [0.15, 0.2) is 5.16 Å². The van der Waals surface area contributed by atoms with E-state index in [0.717, 1.165) is 0 Å². The zero-order valence-corrected chi connectivity index (χ0v) is 15.7. The van der Waals surface area contributed by atoms with Crippen LogP contribution in [0.1, 0.15) is 11.1 Å². The molecule has 2 aromatic heterocycles. The van der Waals surface area contributed by atoms with Gasteiger partial charge in [-0.2, -0.15) is 0 Å². The standard InChI is InChI=1S/C20H14F2N2OS2/c21-15-7-3-1-5-13(15)11-24-19(25)18-17(9-10-26-18)23-20(24)27-12-14-6-2-4-8-16(14)22/h1-10H,11-12H2. The Morgan fingerprint density at radius 1 is 0.963 bits per heavy atom. The van der Waals surface area contributed by atoms with E-state index in [2.05, 4.69) is 4.98 Å². The van der Waals surface area contributed by atoms with E-state index in [1.54, 1.807) is 47.8 Å². The minimum Gasteiger partial charge on any atom is -0.282 e. The van der Waals surface area contributed by atoms with Crippen molar-refractivity contribution in [2.75, 3.05) is 0 Å². The van der Waals surface area contributed by atoms with E-state index in [-0.39, 0.29) is 23.7 Å². The molecule has 0 fully saturated rings. The third kappa shape index (κ3) is 3.65. The van der Waals surface area contributed by atoms with E-state index >= 15 is 0 Å². The molecule has 0 amide bonds. The number of hydrogen-bond donors (Lipinski definition) is 0. The van der Waals surface area contributed by atoms with Crippen LogP contribution in [0.4, 0.5) is 8.78 Å². The highest BCUT2D eigenvalue weighted by atomic mass is 32.2. The van der Waals surface area contributed by atoms with Gasteiger partial charge in [-0.15, -0.1) is 11.3 Å². The largest absolute Gasteiger partial charge is 0.282 e. The Hall–Kier alpha value is -2.51. The van der Waals surface area contributed by atoms with Crippen molar-refractivity contribution in [1.29, 1.82) is 0 Å². The van der Waals surface area contributed by atoms with Crippen molar-refractivity contribution in [3.8, 4) is 0 Å². The molecule has 136 valence electrons. The first kappa shape index (κ1) is 17.9. The lowest BCUT2D eigenvalue weighted by atomic mass is 10.2. The molecule has 2 aromatic carbocycles. The number of hydrogen-bond acceptors (Lipinski definition) is 4. The lowest BCUT2D eigenvalue weighted by Gasteiger charge is -2.13. The lowest BCUT2D eigenvalue weighted by molar-refractivity contribution is 0.579. The van der Waals surface area contributed by atoms with Crippen LogP contribution in [0.3, 0.4) is 0 Å². The number of thioether (sulfide) groups is 1. The minimum absolute atomic E-state index is 0.0753. The first-order chi connectivity index (χ1) is 13.1. The summed E-state index contributed by atoms with van der Waals surface area (Å²) in [6, 6.07) is 14.6. The van der Waals surface area contributed by atoms with Crippen LogP contribution in [0.15, 0.2) is 69.9 Å². The Labute approximate surface area is 162 Å². The summed E-state index contributed by atoms with van der Waals surface area (Å²) >= 11 is 2.58. The maximum absolute atomic E-state index is 14.1. The van der Waals surface area contributed by atoms with Gasteiger partial charge in [0.2, 0.25) is 0 Å². The van der Waals surface area contributed by atoms with Gasteiger partial charge in [-0.1, -0.05) is 48.2 Å². The topological polar surface area (TPSA) is 34.9 Å². The van der Waals surface area contributed by atoms with E-state index in [4.69, 9.17) is 0 Å². The molecule has 0 aliphatic carbocycles. The van der Waals surface area contributed by atoms with E-state index in [9.17, 15) is 13.6 Å². The second-order valence-corrected chi connectivity index (χ2v) is 7.75. The number of aromatic nitrogens is 2. The van der Waals surface area contributed by atoms with Crippen molar-refractivity contribution < 1.29 is 8.78 Å². The van der Waals surface area contributed by atoms with Gasteiger partial charge >= 0.3 is 0 Å². The molecule has 0 spiro atoms. The Balaban J connectivity index is 1.75. The quantitative estimate of drug-likeness (QED) is 0.346. The zero-order chi connectivity index (χ0) is 18.8. The van der Waals surface area contributed by atoms with Crippen LogP contribution in [-0.4, -0.2) is 9.55 Å². The monoisotopic (exact) mass is 400 g/mol. The van der Waals surface area contributed by atoms with Gasteiger partial charge in [0.25, 0.3) is 5.56 Å². The van der Waals surface area contributed by atoms with Crippen LogP contribution >= 0.6 is 23.1 Å². The van der Waals surface area contributed by atoms with Gasteiger partial charge in [0.05, 0.1) is 12.1 Å². The molecular weight excluding hydrogens is 386 g/mol. The Kier molecular flexibility index (Phi) is 5.05. The second kappa shape index (κ2) is 7.62. The molecule has 0 atom stereocenters. The van der Waals surface area contributed by atoms with Crippen molar-refractivity contribution in [2.45, 2.75) is 17.5 Å². The number of nitrogens with zero attached hydrogens (tertiary/aromatic N) is 2. The summed E-state index contributed by atoms with van der Waals surface area (Å²) in [7, 11) is 0. The van der Waals surface area contributed by atoms with Crippen LogP contribution < -0.4 is 5.56 Å². The third-order valence-corrected chi connectivity index (χ3v) is 6.05. The van der Waals surface area contributed by atoms with E-state index < -0.39 is 0 Å². The molecule has 4 aromatic rings. The number of halogens is 2. The molecule has 0 bridgehead atoms. The predicted octanol–water partition coefficient (Wildman–Crippen LogP) is 5.08. The Morgan fingerprint density at radius 2 is 1.63 bits per heavy atom. The lowest BCUT2D eigenvalue weighted by Crippen LogP contribution is -2.23. The fourth-order valence-corrected chi connectivity index (χ4v) is 4.49. The normalized spacial score (nSPS) is 11.2. The fraction of sp³-hybridized carbons (Fsp3) is 0.100. The molecule has 0 aliphatic rings. The summed E-state index contributed by atoms with van der Waals surface area (Å²) in [4.78, 5) is 17.5. The van der Waals surface area contributed by atoms with Crippen molar-refractivity contribution >= 4 is 33.3 Å². The molecule has 4 rings (SSSR count). The fourth-order valence-electron chi connectivity index (χ4n) is 2.73. The molecule has 0 saturated carbocycles. The average Bonchev–Trinajstić information content (AvgIpc) is 3.14. The van der Waals surface area contributed by atoms with Gasteiger partial charge in [-0.3, -0.25) is 9.36 Å². The van der Waals surface area contributed by atoms with Crippen LogP contribution in [0.2, 0.25) is 0 Å². The van der Waals surface area contributed by atoms with Crippen molar-refractivity contribution in [3.05, 3.63) is 93.1 Å². The maximum Gasteiger partial charge on any atom is 0.272 e. The predicted molar refractivity (Wildman–Crippen MR) is 105 cm³/mol. The molecule has 0 N–H and O–H groups in total. The van der Waals surface area contributed by atoms with Gasteiger partial charge < -0.3 is 0 Å². The van der Waals surface area contributed by atoms with Gasteiger partial charge in [0, 0.05) is 11.3 Å². The average molecular weight is 400 g/mol. The number of benzene rings is 2. The number of fused-ring (bicyclic) bond motifs is 1. The smallest absolute Gasteiger partial charge is 0.272 e. The molecule has 0 radical (unpaired) electrons. The molecule has 2 heterocycles. The SMILES string of the molecule is O=c1c2sccc2nc(SCc2ccccc2F)n1Cc1ccccc1F. The third-order valence-electron chi connectivity index (χ3n) is 4.13. The summed E-state index contributed by atoms with van der Waals surface area (Å²) in [5.74, 6) is -0.350. The highest BCUT2D eigenvalue weighted by Gasteiger charge is 2.15. The first-order valence-corrected chi connectivity index (χ1v) is 10.1. The Morgan fingerprint density at radius 3 is 2.33 bits per heavy atom. The summed E-state index contributed by atoms with van der Waals surface area (Å²) in [6.45, 7) is 0.0753. The van der Waals surface area contributed by atoms with Gasteiger partial charge in [-0.25, -0.2) is 13.8 Å². The molecular formula is C20H14F2N2OS2. The summed E-state index contributed by atoms with van der Waals surface area (Å²) in [5, 5.41) is 2.25. The summed E-state index contributed by atoms with van der Waals surface area (Å²) in [5.41, 5.74) is 1.32. The van der Waals surface area contributed by atoms with Crippen LogP contribution in [0, 0.1) is 11.6 Å². The maximum atomic E-state index is 14.1. The van der Waals surface area contributed by atoms with Crippen molar-refractivity contribution in [3.63, 3.8) is 0 Å². The molecule has 3 nitrogen and oxygen atoms in total. The molecule has 27 heavy (non-hydrogen) atoms. The van der Waals surface area contributed by atoms with Crippen LogP contribution in [0.5, 0.6) is 0 Å². The summed E-state index contributed by atoms with van der Waals surface area (Å²) < 4.78 is 30.0. The Bertz CT molecular complexity index is 1170. The zero-order valence-electron chi connectivity index (χ0n) is 14.1. The van der Waals surface area contributed by atoms with Crippen LogP contribution in [0.25, 0.3) is 10.2 Å². The van der Waals surface area contributed by atoms with Crippen molar-refractivity contribution in [2.24, 2.45) is 0 Å². The molecule has 7 heteroatoms. The highest BCUT2D eigenvalue weighted by Crippen LogP contribution is 2.25. The highest BCUT2D eigenvalue weighted by molar-refractivity contribution is 7.98. The molecule has 0 aliphatic heterocycles. The van der Waals surface area contributed by atoms with Crippen molar-refractivity contribution in [1.82, 2.24) is 9.55 Å². The first-order valence-electron chi connectivity index (χ1n) is 8.21. The number of rotatable bonds is 5. The van der Waals surface area contributed by atoms with Gasteiger partial charge in [0.1, 0.15) is 16.3 Å².